The molecule has 0 amide bonds. The molecule has 0 saturated heterocycles. The molecule has 0 aliphatic heterocycles. The van der Waals surface area contributed by atoms with Crippen LogP contribution in [0.1, 0.15) is 30.5 Å². The van der Waals surface area contributed by atoms with Crippen molar-refractivity contribution in [2.75, 3.05) is 5.32 Å². The lowest BCUT2D eigenvalue weighted by atomic mass is 10.2. The molecule has 2 aromatic heterocycles. The van der Waals surface area contributed by atoms with Gasteiger partial charge in [0.2, 0.25) is 0 Å². The van der Waals surface area contributed by atoms with E-state index in [1.807, 2.05) is 17.8 Å². The standard InChI is InChI=1S/C16H17ClN4O/c1-21-9-13(19-10-21)3-2-11-8-18-16(17)7-15(11)20-12-4-5-14(22)6-12/h7-10,12,14,22H,4-6H2,1H3,(H,18,20)/t12-,14+/m1/s1. The summed E-state index contributed by atoms with van der Waals surface area (Å²) in [5.74, 6) is 6.10. The molecule has 1 aliphatic carbocycles. The second-order valence-electron chi connectivity index (χ2n) is 5.54. The van der Waals surface area contributed by atoms with Gasteiger partial charge in [-0.15, -0.1) is 0 Å². The SMILES string of the molecule is Cn1cnc(C#Cc2cnc(Cl)cc2N[C@@H]2CC[C@H](O)C2)c1. The molecule has 0 aromatic carbocycles. The molecule has 2 aromatic rings. The first-order chi connectivity index (χ1) is 10.6. The minimum Gasteiger partial charge on any atom is -0.393 e. The number of pyridine rings is 1. The average molecular weight is 317 g/mol. The Morgan fingerprint density at radius 1 is 1.36 bits per heavy atom. The zero-order valence-corrected chi connectivity index (χ0v) is 13.0. The molecule has 1 fully saturated rings. The van der Waals surface area contributed by atoms with E-state index < -0.39 is 0 Å². The van der Waals surface area contributed by atoms with Crippen LogP contribution in [0.3, 0.4) is 0 Å². The molecule has 0 radical (unpaired) electrons. The highest BCUT2D eigenvalue weighted by molar-refractivity contribution is 6.29. The van der Waals surface area contributed by atoms with Crippen molar-refractivity contribution in [1.82, 2.24) is 14.5 Å². The van der Waals surface area contributed by atoms with Crippen LogP contribution >= 0.6 is 11.6 Å². The number of halogens is 1. The third kappa shape index (κ3) is 3.59. The number of aryl methyl sites for hydroxylation is 1. The number of rotatable bonds is 2. The summed E-state index contributed by atoms with van der Waals surface area (Å²) in [6.45, 7) is 0. The van der Waals surface area contributed by atoms with Crippen molar-refractivity contribution in [3.05, 3.63) is 41.2 Å². The first-order valence-electron chi connectivity index (χ1n) is 7.20. The molecule has 0 unspecified atom stereocenters. The van der Waals surface area contributed by atoms with E-state index in [1.165, 1.54) is 0 Å². The zero-order chi connectivity index (χ0) is 15.5. The predicted molar refractivity (Wildman–Crippen MR) is 85.7 cm³/mol. The quantitative estimate of drug-likeness (QED) is 0.658. The van der Waals surface area contributed by atoms with Crippen LogP contribution in [-0.4, -0.2) is 31.8 Å². The van der Waals surface area contributed by atoms with Crippen molar-refractivity contribution >= 4 is 17.3 Å². The van der Waals surface area contributed by atoms with E-state index in [1.54, 1.807) is 18.6 Å². The second kappa shape index (κ2) is 6.39. The van der Waals surface area contributed by atoms with Gasteiger partial charge in [-0.2, -0.15) is 0 Å². The monoisotopic (exact) mass is 316 g/mol. The third-order valence-corrected chi connectivity index (χ3v) is 3.87. The Balaban J connectivity index is 1.83. The molecule has 5 nitrogen and oxygen atoms in total. The van der Waals surface area contributed by atoms with E-state index in [2.05, 4.69) is 27.1 Å². The summed E-state index contributed by atoms with van der Waals surface area (Å²) in [4.78, 5) is 8.28. The number of aliphatic hydroxyl groups excluding tert-OH is 1. The van der Waals surface area contributed by atoms with Gasteiger partial charge in [0, 0.05) is 25.5 Å². The number of nitrogens with one attached hydrogen (secondary N) is 1. The largest absolute Gasteiger partial charge is 0.393 e. The van der Waals surface area contributed by atoms with Crippen LogP contribution in [0.25, 0.3) is 0 Å². The van der Waals surface area contributed by atoms with E-state index in [0.717, 1.165) is 30.5 Å². The van der Waals surface area contributed by atoms with E-state index in [0.29, 0.717) is 10.8 Å². The molecule has 0 spiro atoms. The maximum atomic E-state index is 9.64. The molecular formula is C16H17ClN4O. The van der Waals surface area contributed by atoms with Gasteiger partial charge in [-0.3, -0.25) is 0 Å². The molecule has 6 heteroatoms. The Morgan fingerprint density at radius 3 is 2.91 bits per heavy atom. The van der Waals surface area contributed by atoms with Crippen molar-refractivity contribution in [3.63, 3.8) is 0 Å². The van der Waals surface area contributed by atoms with Crippen molar-refractivity contribution in [1.29, 1.82) is 0 Å². The minimum absolute atomic E-state index is 0.224. The fraction of sp³-hybridized carbons (Fsp3) is 0.375. The number of anilines is 1. The van der Waals surface area contributed by atoms with Gasteiger partial charge in [0.05, 0.1) is 23.7 Å². The highest BCUT2D eigenvalue weighted by atomic mass is 35.5. The van der Waals surface area contributed by atoms with Crippen LogP contribution in [0.5, 0.6) is 0 Å². The van der Waals surface area contributed by atoms with Crippen molar-refractivity contribution in [3.8, 4) is 11.8 Å². The van der Waals surface area contributed by atoms with Crippen molar-refractivity contribution in [2.24, 2.45) is 7.05 Å². The predicted octanol–water partition coefficient (Wildman–Crippen LogP) is 2.19. The van der Waals surface area contributed by atoms with Gasteiger partial charge in [-0.05, 0) is 31.2 Å². The van der Waals surface area contributed by atoms with E-state index in [-0.39, 0.29) is 12.1 Å². The van der Waals surface area contributed by atoms with Gasteiger partial charge in [0.25, 0.3) is 0 Å². The lowest BCUT2D eigenvalue weighted by Gasteiger charge is -2.15. The Morgan fingerprint density at radius 2 is 2.23 bits per heavy atom. The fourth-order valence-corrected chi connectivity index (χ4v) is 2.72. The molecule has 1 saturated carbocycles. The number of imidazole rings is 1. The van der Waals surface area contributed by atoms with Gasteiger partial charge >= 0.3 is 0 Å². The molecular weight excluding hydrogens is 300 g/mol. The summed E-state index contributed by atoms with van der Waals surface area (Å²) < 4.78 is 1.85. The van der Waals surface area contributed by atoms with Gasteiger partial charge in [0.1, 0.15) is 10.8 Å². The first kappa shape index (κ1) is 14.9. The van der Waals surface area contributed by atoms with Crippen LogP contribution in [0.2, 0.25) is 5.15 Å². The number of hydrogen-bond acceptors (Lipinski definition) is 4. The minimum atomic E-state index is -0.224. The van der Waals surface area contributed by atoms with Gasteiger partial charge in [0.15, 0.2) is 0 Å². The number of aromatic nitrogens is 3. The Kier molecular flexibility index (Phi) is 4.32. The van der Waals surface area contributed by atoms with Gasteiger partial charge in [-0.1, -0.05) is 17.5 Å². The number of aliphatic hydroxyl groups is 1. The summed E-state index contributed by atoms with van der Waals surface area (Å²) in [5.41, 5.74) is 2.33. The maximum absolute atomic E-state index is 9.64. The summed E-state index contributed by atoms with van der Waals surface area (Å²) in [6.07, 6.45) is 7.51. The van der Waals surface area contributed by atoms with Gasteiger partial charge < -0.3 is 15.0 Å². The van der Waals surface area contributed by atoms with Crippen molar-refractivity contribution < 1.29 is 5.11 Å². The lowest BCUT2D eigenvalue weighted by molar-refractivity contribution is 0.182. The molecule has 2 N–H and O–H groups in total. The van der Waals surface area contributed by atoms with E-state index in [4.69, 9.17) is 11.6 Å². The van der Waals surface area contributed by atoms with E-state index >= 15 is 0 Å². The molecule has 1 aliphatic rings. The summed E-state index contributed by atoms with van der Waals surface area (Å²) in [7, 11) is 1.90. The normalized spacial score (nSPS) is 20.5. The zero-order valence-electron chi connectivity index (χ0n) is 12.3. The van der Waals surface area contributed by atoms with Crippen LogP contribution in [0, 0.1) is 11.8 Å². The Bertz CT molecular complexity index is 731. The van der Waals surface area contributed by atoms with Crippen molar-refractivity contribution in [2.45, 2.75) is 31.4 Å². The van der Waals surface area contributed by atoms with E-state index in [9.17, 15) is 5.11 Å². The van der Waals surface area contributed by atoms with Crippen LogP contribution in [0.15, 0.2) is 24.8 Å². The lowest BCUT2D eigenvalue weighted by Crippen LogP contribution is -2.17. The third-order valence-electron chi connectivity index (χ3n) is 3.67. The molecule has 22 heavy (non-hydrogen) atoms. The topological polar surface area (TPSA) is 63.0 Å². The molecule has 0 bridgehead atoms. The molecule has 2 atom stereocenters. The highest BCUT2D eigenvalue weighted by Crippen LogP contribution is 2.25. The summed E-state index contributed by atoms with van der Waals surface area (Å²) in [5, 5.41) is 13.5. The number of nitrogens with zero attached hydrogens (tertiary/aromatic N) is 3. The smallest absolute Gasteiger partial charge is 0.131 e. The number of hydrogen-bond donors (Lipinski definition) is 2. The molecule has 114 valence electrons. The van der Waals surface area contributed by atoms with Crippen LogP contribution < -0.4 is 5.32 Å². The second-order valence-corrected chi connectivity index (χ2v) is 5.92. The summed E-state index contributed by atoms with van der Waals surface area (Å²) in [6, 6.07) is 2.01. The molecule has 2 heterocycles. The highest BCUT2D eigenvalue weighted by Gasteiger charge is 2.23. The molecule has 3 rings (SSSR count). The van der Waals surface area contributed by atoms with Crippen LogP contribution in [-0.2, 0) is 7.05 Å². The maximum Gasteiger partial charge on any atom is 0.131 e. The van der Waals surface area contributed by atoms with Gasteiger partial charge in [-0.25, -0.2) is 9.97 Å². The van der Waals surface area contributed by atoms with Crippen LogP contribution in [0.4, 0.5) is 5.69 Å². The Labute approximate surface area is 134 Å². The first-order valence-corrected chi connectivity index (χ1v) is 7.58. The summed E-state index contributed by atoms with van der Waals surface area (Å²) >= 11 is 5.99. The average Bonchev–Trinajstić information content (AvgIpc) is 3.07. The Hall–Kier alpha value is -2.03. The fourth-order valence-electron chi connectivity index (χ4n) is 2.57.